The summed E-state index contributed by atoms with van der Waals surface area (Å²) < 4.78 is 49.5. The number of hydrogen-bond acceptors (Lipinski definition) is 7. The second-order valence-electron chi connectivity index (χ2n) is 7.23. The Morgan fingerprint density at radius 1 is 1.06 bits per heavy atom. The number of amides is 1. The number of nitrogens with one attached hydrogen (secondary N) is 1. The zero-order valence-electron chi connectivity index (χ0n) is 19.1. The summed E-state index contributed by atoms with van der Waals surface area (Å²) in [5, 5.41) is 2.78. The molecule has 0 aliphatic carbocycles. The van der Waals surface area contributed by atoms with Crippen molar-refractivity contribution < 1.29 is 32.2 Å². The van der Waals surface area contributed by atoms with Crippen LogP contribution in [0, 0.1) is 0 Å². The van der Waals surface area contributed by atoms with Gasteiger partial charge < -0.3 is 24.3 Å². The number of methoxy groups -OCH3 is 1. The minimum atomic E-state index is -3.82. The number of rotatable bonds is 10. The molecule has 1 amide bonds. The average molecular weight is 479 g/mol. The van der Waals surface area contributed by atoms with E-state index < -0.39 is 10.0 Å². The van der Waals surface area contributed by atoms with Gasteiger partial charge in [0.15, 0.2) is 0 Å². The van der Waals surface area contributed by atoms with Crippen molar-refractivity contribution in [3.8, 4) is 11.5 Å². The van der Waals surface area contributed by atoms with E-state index in [1.165, 1.54) is 10.4 Å². The van der Waals surface area contributed by atoms with Gasteiger partial charge >= 0.3 is 0 Å². The van der Waals surface area contributed by atoms with Crippen LogP contribution in [-0.4, -0.2) is 65.3 Å². The first-order chi connectivity index (χ1) is 15.9. The van der Waals surface area contributed by atoms with Crippen molar-refractivity contribution in [3.05, 3.63) is 47.5 Å². The third-order valence-electron chi connectivity index (χ3n) is 5.09. The van der Waals surface area contributed by atoms with Gasteiger partial charge in [-0.05, 0) is 50.2 Å². The number of carbonyl (C=O) groups excluding carboxylic acids is 1. The number of nitrogens with zero attached hydrogens (tertiary/aromatic N) is 1. The Kier molecular flexibility index (Phi) is 8.67. The van der Waals surface area contributed by atoms with Gasteiger partial charge in [0.1, 0.15) is 16.4 Å². The molecular formula is C23H30N2O7S. The van der Waals surface area contributed by atoms with Crippen molar-refractivity contribution in [1.82, 2.24) is 4.31 Å². The molecule has 1 heterocycles. The Labute approximate surface area is 194 Å². The summed E-state index contributed by atoms with van der Waals surface area (Å²) in [5.74, 6) is 0.486. The fourth-order valence-electron chi connectivity index (χ4n) is 3.44. The SMILES string of the molecule is CCOCc1cc(C(=O)Nc2ccc(OCC)c(S(=O)(=O)N3CCOCC3)c2)ccc1OC. The largest absolute Gasteiger partial charge is 0.496 e. The van der Waals surface area contributed by atoms with Crippen LogP contribution in [0.4, 0.5) is 5.69 Å². The highest BCUT2D eigenvalue weighted by atomic mass is 32.2. The van der Waals surface area contributed by atoms with Crippen LogP contribution >= 0.6 is 0 Å². The van der Waals surface area contributed by atoms with Crippen LogP contribution in [0.3, 0.4) is 0 Å². The molecule has 33 heavy (non-hydrogen) atoms. The molecule has 2 aromatic rings. The standard InChI is InChI=1S/C23H30N2O7S/c1-4-30-16-18-14-17(6-8-20(18)29-3)23(26)24-19-7-9-21(32-5-2)22(15-19)33(27,28)25-10-12-31-13-11-25/h6-9,14-15H,4-5,10-13,16H2,1-3H3,(H,24,26). The van der Waals surface area contributed by atoms with Crippen molar-refractivity contribution in [1.29, 1.82) is 0 Å². The van der Waals surface area contributed by atoms with Crippen molar-refractivity contribution in [3.63, 3.8) is 0 Å². The Hall–Kier alpha value is -2.66. The summed E-state index contributed by atoms with van der Waals surface area (Å²) in [4.78, 5) is 12.9. The summed E-state index contributed by atoms with van der Waals surface area (Å²) in [6.45, 7) is 6.02. The minimum absolute atomic E-state index is 0.0100. The third kappa shape index (κ3) is 6.02. The van der Waals surface area contributed by atoms with E-state index in [0.717, 1.165) is 5.56 Å². The molecule has 9 nitrogen and oxygen atoms in total. The van der Waals surface area contributed by atoms with Gasteiger partial charge in [-0.25, -0.2) is 8.42 Å². The van der Waals surface area contributed by atoms with Crippen LogP contribution in [0.1, 0.15) is 29.8 Å². The molecule has 0 spiro atoms. The lowest BCUT2D eigenvalue weighted by Gasteiger charge is -2.27. The van der Waals surface area contributed by atoms with E-state index in [4.69, 9.17) is 18.9 Å². The van der Waals surface area contributed by atoms with Gasteiger partial charge in [-0.3, -0.25) is 4.79 Å². The van der Waals surface area contributed by atoms with Gasteiger partial charge in [0.25, 0.3) is 5.91 Å². The van der Waals surface area contributed by atoms with Gasteiger partial charge in [0, 0.05) is 36.5 Å². The van der Waals surface area contributed by atoms with E-state index >= 15 is 0 Å². The Bertz CT molecular complexity index is 1070. The molecule has 1 fully saturated rings. The zero-order chi connectivity index (χ0) is 23.8. The maximum Gasteiger partial charge on any atom is 0.255 e. The normalized spacial score (nSPS) is 14.6. The lowest BCUT2D eigenvalue weighted by molar-refractivity contribution is 0.0729. The second-order valence-corrected chi connectivity index (χ2v) is 9.14. The van der Waals surface area contributed by atoms with Gasteiger partial charge in [-0.2, -0.15) is 4.31 Å². The minimum Gasteiger partial charge on any atom is -0.496 e. The molecule has 1 aliphatic rings. The smallest absolute Gasteiger partial charge is 0.255 e. The molecule has 0 radical (unpaired) electrons. The van der Waals surface area contributed by atoms with E-state index in [1.54, 1.807) is 44.4 Å². The maximum atomic E-state index is 13.3. The van der Waals surface area contributed by atoms with Crippen LogP contribution in [0.25, 0.3) is 0 Å². The highest BCUT2D eigenvalue weighted by Gasteiger charge is 2.30. The molecule has 1 saturated heterocycles. The first-order valence-corrected chi connectivity index (χ1v) is 12.3. The zero-order valence-corrected chi connectivity index (χ0v) is 19.9. The van der Waals surface area contributed by atoms with Crippen molar-refractivity contribution >= 4 is 21.6 Å². The van der Waals surface area contributed by atoms with Crippen LogP contribution in [0.5, 0.6) is 11.5 Å². The number of benzene rings is 2. The summed E-state index contributed by atoms with van der Waals surface area (Å²) in [6.07, 6.45) is 0. The lowest BCUT2D eigenvalue weighted by atomic mass is 10.1. The second kappa shape index (κ2) is 11.5. The number of ether oxygens (including phenoxy) is 4. The van der Waals surface area contributed by atoms with Gasteiger partial charge in [0.2, 0.25) is 10.0 Å². The molecule has 10 heteroatoms. The molecule has 0 bridgehead atoms. The van der Waals surface area contributed by atoms with E-state index in [0.29, 0.717) is 50.0 Å². The number of hydrogen-bond donors (Lipinski definition) is 1. The number of morpholine rings is 1. The topological polar surface area (TPSA) is 103 Å². The van der Waals surface area contributed by atoms with Crippen LogP contribution in [0.2, 0.25) is 0 Å². The van der Waals surface area contributed by atoms with E-state index in [9.17, 15) is 13.2 Å². The highest BCUT2D eigenvalue weighted by molar-refractivity contribution is 7.89. The average Bonchev–Trinajstić information content (AvgIpc) is 2.84. The van der Waals surface area contributed by atoms with Crippen LogP contribution in [-0.2, 0) is 26.1 Å². The maximum absolute atomic E-state index is 13.3. The van der Waals surface area contributed by atoms with E-state index in [1.807, 2.05) is 6.92 Å². The first kappa shape index (κ1) is 25.0. The molecule has 0 aromatic heterocycles. The summed E-state index contributed by atoms with van der Waals surface area (Å²) in [6, 6.07) is 9.65. The van der Waals surface area contributed by atoms with E-state index in [2.05, 4.69) is 5.32 Å². The molecule has 3 rings (SSSR count). The fourth-order valence-corrected chi connectivity index (χ4v) is 5.00. The van der Waals surface area contributed by atoms with Crippen molar-refractivity contribution in [2.75, 3.05) is 51.9 Å². The quantitative estimate of drug-likeness (QED) is 0.560. The number of carbonyl (C=O) groups is 1. The van der Waals surface area contributed by atoms with Gasteiger partial charge in [0.05, 0.1) is 33.5 Å². The molecule has 0 unspecified atom stereocenters. The number of sulfonamides is 1. The first-order valence-electron chi connectivity index (χ1n) is 10.8. The molecule has 0 saturated carbocycles. The monoisotopic (exact) mass is 478 g/mol. The summed E-state index contributed by atoms with van der Waals surface area (Å²) in [7, 11) is -2.26. The highest BCUT2D eigenvalue weighted by Crippen LogP contribution is 2.31. The third-order valence-corrected chi connectivity index (χ3v) is 7.01. The molecule has 1 N–H and O–H groups in total. The van der Waals surface area contributed by atoms with Gasteiger partial charge in [-0.1, -0.05) is 0 Å². The van der Waals surface area contributed by atoms with Crippen molar-refractivity contribution in [2.45, 2.75) is 25.3 Å². The molecular weight excluding hydrogens is 448 g/mol. The number of anilines is 1. The van der Waals surface area contributed by atoms with Crippen LogP contribution < -0.4 is 14.8 Å². The molecule has 1 aliphatic heterocycles. The van der Waals surface area contributed by atoms with Gasteiger partial charge in [-0.15, -0.1) is 0 Å². The predicted molar refractivity (Wildman–Crippen MR) is 123 cm³/mol. The predicted octanol–water partition coefficient (Wildman–Crippen LogP) is 2.90. The van der Waals surface area contributed by atoms with Crippen molar-refractivity contribution in [2.24, 2.45) is 0 Å². The Balaban J connectivity index is 1.88. The Morgan fingerprint density at radius 2 is 1.79 bits per heavy atom. The lowest BCUT2D eigenvalue weighted by Crippen LogP contribution is -2.40. The fraction of sp³-hybridized carbons (Fsp3) is 0.435. The molecule has 180 valence electrons. The van der Waals surface area contributed by atoms with Crippen LogP contribution in [0.15, 0.2) is 41.3 Å². The summed E-state index contributed by atoms with van der Waals surface area (Å²) in [5.41, 5.74) is 1.49. The molecule has 2 aromatic carbocycles. The molecule has 0 atom stereocenters. The summed E-state index contributed by atoms with van der Waals surface area (Å²) >= 11 is 0. The Morgan fingerprint density at radius 3 is 2.45 bits per heavy atom. The van der Waals surface area contributed by atoms with E-state index in [-0.39, 0.29) is 29.6 Å².